The maximum Gasteiger partial charge on any atom is 0.260 e. The third-order valence-electron chi connectivity index (χ3n) is 2.07. The second-order valence-corrected chi connectivity index (χ2v) is 4.90. The van der Waals surface area contributed by atoms with E-state index in [4.69, 9.17) is 11.5 Å². The van der Waals surface area contributed by atoms with Crippen molar-refractivity contribution in [2.24, 2.45) is 5.73 Å². The Morgan fingerprint density at radius 1 is 1.56 bits per heavy atom. The monoisotopic (exact) mass is 242 g/mol. The minimum Gasteiger partial charge on any atom is -0.397 e. The molecule has 5 N–H and O–H groups in total. The Morgan fingerprint density at radius 2 is 2.25 bits per heavy atom. The van der Waals surface area contributed by atoms with E-state index in [0.29, 0.717) is 10.6 Å². The van der Waals surface area contributed by atoms with Gasteiger partial charge in [-0.05, 0) is 33.1 Å². The van der Waals surface area contributed by atoms with Crippen molar-refractivity contribution in [3.05, 3.63) is 10.9 Å². The fraction of sp³-hybridized carbons (Fsp3) is 0.500. The molecule has 0 saturated heterocycles. The van der Waals surface area contributed by atoms with Crippen molar-refractivity contribution in [1.82, 2.24) is 4.90 Å². The van der Waals surface area contributed by atoms with Crippen molar-refractivity contribution in [3.63, 3.8) is 0 Å². The second kappa shape index (κ2) is 5.72. The number of rotatable bonds is 6. The Morgan fingerprint density at radius 3 is 2.75 bits per heavy atom. The van der Waals surface area contributed by atoms with Crippen molar-refractivity contribution in [1.29, 1.82) is 0 Å². The molecule has 0 bridgehead atoms. The number of hydrogen-bond donors (Lipinski definition) is 3. The molecule has 16 heavy (non-hydrogen) atoms. The van der Waals surface area contributed by atoms with Gasteiger partial charge in [-0.1, -0.05) is 0 Å². The van der Waals surface area contributed by atoms with Gasteiger partial charge in [-0.2, -0.15) is 0 Å². The van der Waals surface area contributed by atoms with Crippen LogP contribution < -0.4 is 16.8 Å². The average Bonchev–Trinajstić information content (AvgIpc) is 2.54. The predicted molar refractivity (Wildman–Crippen MR) is 68.9 cm³/mol. The normalized spacial score (nSPS) is 10.7. The third kappa shape index (κ3) is 3.71. The first-order valence-electron chi connectivity index (χ1n) is 5.08. The van der Waals surface area contributed by atoms with Crippen molar-refractivity contribution in [3.8, 4) is 0 Å². The van der Waals surface area contributed by atoms with Gasteiger partial charge < -0.3 is 21.7 Å². The van der Waals surface area contributed by atoms with Crippen LogP contribution in [-0.2, 0) is 0 Å². The van der Waals surface area contributed by atoms with Crippen molar-refractivity contribution in [2.45, 2.75) is 6.42 Å². The number of nitrogens with two attached hydrogens (primary N) is 2. The summed E-state index contributed by atoms with van der Waals surface area (Å²) in [6.07, 6.45) is 1.04. The van der Waals surface area contributed by atoms with Crippen LogP contribution in [0, 0.1) is 0 Å². The van der Waals surface area contributed by atoms with Crippen molar-refractivity contribution >= 4 is 27.9 Å². The van der Waals surface area contributed by atoms with E-state index in [1.807, 2.05) is 14.1 Å². The number of nitrogen functional groups attached to an aromatic ring is 1. The maximum atomic E-state index is 11.0. The van der Waals surface area contributed by atoms with Gasteiger partial charge in [0.2, 0.25) is 0 Å². The number of nitrogens with zero attached hydrogens (tertiary/aromatic N) is 1. The highest BCUT2D eigenvalue weighted by molar-refractivity contribution is 7.18. The molecular formula is C10H18N4OS. The first-order valence-corrected chi connectivity index (χ1v) is 5.90. The molecule has 0 aliphatic rings. The van der Waals surface area contributed by atoms with E-state index in [1.165, 1.54) is 11.3 Å². The van der Waals surface area contributed by atoms with E-state index in [9.17, 15) is 4.79 Å². The van der Waals surface area contributed by atoms with Gasteiger partial charge in [0.15, 0.2) is 0 Å². The van der Waals surface area contributed by atoms with Crippen LogP contribution >= 0.6 is 11.3 Å². The summed E-state index contributed by atoms with van der Waals surface area (Å²) in [5.41, 5.74) is 11.3. The average molecular weight is 242 g/mol. The van der Waals surface area contributed by atoms with Crippen LogP contribution in [0.1, 0.15) is 16.1 Å². The Balaban J connectivity index is 2.43. The summed E-state index contributed by atoms with van der Waals surface area (Å²) in [6.45, 7) is 1.88. The lowest BCUT2D eigenvalue weighted by molar-refractivity contribution is 0.100. The minimum absolute atomic E-state index is 0.426. The Hall–Kier alpha value is -1.27. The molecule has 1 heterocycles. The zero-order chi connectivity index (χ0) is 12.1. The molecule has 0 radical (unpaired) electrons. The lowest BCUT2D eigenvalue weighted by Gasteiger charge is -2.09. The topological polar surface area (TPSA) is 84.4 Å². The number of carbonyl (C=O) groups is 1. The van der Waals surface area contributed by atoms with Crippen LogP contribution in [0.3, 0.4) is 0 Å². The standard InChI is InChI=1S/C10H18N4OS/c1-14(2)5-3-4-13-8-6-7(11)9(16-8)10(12)15/h6,13H,3-5,11H2,1-2H3,(H2,12,15). The minimum atomic E-state index is -0.469. The lowest BCUT2D eigenvalue weighted by Crippen LogP contribution is -2.16. The Kier molecular flexibility index (Phi) is 4.57. The number of anilines is 2. The summed E-state index contributed by atoms with van der Waals surface area (Å²) in [5, 5.41) is 4.11. The molecule has 0 atom stereocenters. The molecule has 1 aromatic heterocycles. The Bertz CT molecular complexity index is 362. The summed E-state index contributed by atoms with van der Waals surface area (Å²) in [5.74, 6) is -0.469. The van der Waals surface area contributed by atoms with Crippen LogP contribution in [0.4, 0.5) is 10.7 Å². The van der Waals surface area contributed by atoms with Gasteiger partial charge >= 0.3 is 0 Å². The van der Waals surface area contributed by atoms with E-state index in [0.717, 1.165) is 24.5 Å². The van der Waals surface area contributed by atoms with Gasteiger partial charge in [0.25, 0.3) is 5.91 Å². The third-order valence-corrected chi connectivity index (χ3v) is 3.19. The molecule has 0 aromatic carbocycles. The highest BCUT2D eigenvalue weighted by Crippen LogP contribution is 2.28. The first kappa shape index (κ1) is 12.8. The fourth-order valence-electron chi connectivity index (χ4n) is 1.29. The van der Waals surface area contributed by atoms with Gasteiger partial charge in [0.1, 0.15) is 4.88 Å². The molecular weight excluding hydrogens is 224 g/mol. The number of nitrogens with one attached hydrogen (secondary N) is 1. The zero-order valence-electron chi connectivity index (χ0n) is 9.62. The molecule has 1 aromatic rings. The first-order chi connectivity index (χ1) is 7.50. The molecule has 0 aliphatic carbocycles. The highest BCUT2D eigenvalue weighted by Gasteiger charge is 2.10. The number of thiophene rings is 1. The molecule has 0 fully saturated rings. The van der Waals surface area contributed by atoms with E-state index in [2.05, 4.69) is 10.2 Å². The van der Waals surface area contributed by atoms with E-state index in [1.54, 1.807) is 6.07 Å². The van der Waals surface area contributed by atoms with E-state index in [-0.39, 0.29) is 0 Å². The lowest BCUT2D eigenvalue weighted by atomic mass is 10.3. The molecule has 0 unspecified atom stereocenters. The largest absolute Gasteiger partial charge is 0.397 e. The van der Waals surface area contributed by atoms with Crippen molar-refractivity contribution < 1.29 is 4.79 Å². The van der Waals surface area contributed by atoms with Gasteiger partial charge in [-0.3, -0.25) is 4.79 Å². The molecule has 5 nitrogen and oxygen atoms in total. The van der Waals surface area contributed by atoms with Crippen molar-refractivity contribution in [2.75, 3.05) is 38.2 Å². The van der Waals surface area contributed by atoms with E-state index < -0.39 is 5.91 Å². The van der Waals surface area contributed by atoms with Gasteiger partial charge in [-0.15, -0.1) is 11.3 Å². The fourth-order valence-corrected chi connectivity index (χ4v) is 2.15. The molecule has 1 rings (SSSR count). The number of carbonyl (C=O) groups excluding carboxylic acids is 1. The number of amides is 1. The maximum absolute atomic E-state index is 11.0. The summed E-state index contributed by atoms with van der Waals surface area (Å²) >= 11 is 1.30. The SMILES string of the molecule is CN(C)CCCNc1cc(N)c(C(N)=O)s1. The Labute approximate surface area is 99.4 Å². The van der Waals surface area contributed by atoms with Crippen LogP contribution in [0.2, 0.25) is 0 Å². The highest BCUT2D eigenvalue weighted by atomic mass is 32.1. The molecule has 1 amide bonds. The number of hydrogen-bond acceptors (Lipinski definition) is 5. The van der Waals surface area contributed by atoms with Crippen LogP contribution in [0.5, 0.6) is 0 Å². The van der Waals surface area contributed by atoms with E-state index >= 15 is 0 Å². The zero-order valence-corrected chi connectivity index (χ0v) is 10.4. The summed E-state index contributed by atoms with van der Waals surface area (Å²) < 4.78 is 0. The summed E-state index contributed by atoms with van der Waals surface area (Å²) in [4.78, 5) is 13.5. The quantitative estimate of drug-likeness (QED) is 0.644. The smallest absolute Gasteiger partial charge is 0.260 e. The molecule has 0 spiro atoms. The van der Waals surface area contributed by atoms with Gasteiger partial charge in [0.05, 0.1) is 10.7 Å². The summed E-state index contributed by atoms with van der Waals surface area (Å²) in [7, 11) is 4.07. The molecule has 90 valence electrons. The van der Waals surface area contributed by atoms with Gasteiger partial charge in [-0.25, -0.2) is 0 Å². The number of primary amides is 1. The van der Waals surface area contributed by atoms with Crippen LogP contribution in [-0.4, -0.2) is 38.0 Å². The predicted octanol–water partition coefficient (Wildman–Crippen LogP) is 0.793. The second-order valence-electron chi connectivity index (χ2n) is 3.84. The molecule has 6 heteroatoms. The van der Waals surface area contributed by atoms with Gasteiger partial charge in [0, 0.05) is 6.54 Å². The van der Waals surface area contributed by atoms with Crippen LogP contribution in [0.15, 0.2) is 6.07 Å². The van der Waals surface area contributed by atoms with Crippen LogP contribution in [0.25, 0.3) is 0 Å². The molecule has 0 saturated carbocycles. The summed E-state index contributed by atoms with van der Waals surface area (Å²) in [6, 6.07) is 1.75. The molecule has 0 aliphatic heterocycles.